The number of anilines is 5. The van der Waals surface area contributed by atoms with Crippen LogP contribution < -0.4 is 46.7 Å². The van der Waals surface area contributed by atoms with Crippen molar-refractivity contribution in [1.29, 1.82) is 0 Å². The highest BCUT2D eigenvalue weighted by atomic mass is 19.2. The van der Waals surface area contributed by atoms with Gasteiger partial charge in [-0.05, 0) is 149 Å². The van der Waals surface area contributed by atoms with Gasteiger partial charge in [-0.2, -0.15) is 15.0 Å². The standard InChI is InChI=1S/C33H32F4N6O3.C32H30F4N6O3.C32H29F4N5O4/c1-7-21(45)41-14-18-13-40(6)30-24-31(27(37)23(26(30)36)22-20(44)9-8-19(34)25(22)35)43(29-16(4)10-11-38-28(29)15(2)3)33(46)39-32(24)42(18)12-17(41)5;1-6-20(44)40-13-17-11-38-28-23-30(26(36)22(25(28)35)21-19(43)8-7-18(33)24(21)34)42(29-15(4)9-10-37-27(29)14(2)3)32(45)39-31(23)41(17)12-16(40)5;1-6-20(43)39-12-17-13-45-30-23-29(25(35)22(26(30)36)21-19(42)8-7-18(33)24(21)34)41(28-15(4)9-10-37-27(28)14(2)3)32(44)38-31(23)40(17)11-16(39)5/h7-11,15,17-18,44H,1,12-14H2,2-6H3;6-10,14,16-17,38,43H,1,11-13H2,2-5H3;6-10,14,16-17,42H,1,11-13H2,2-5H3. The summed E-state index contributed by atoms with van der Waals surface area (Å²) < 4.78 is 200. The summed E-state index contributed by atoms with van der Waals surface area (Å²) in [4.78, 5) is 118. The highest BCUT2D eigenvalue weighted by Gasteiger charge is 2.47. The Morgan fingerprint density at radius 1 is 0.412 bits per heavy atom. The minimum Gasteiger partial charge on any atom is -0.507 e. The molecule has 3 fully saturated rings. The van der Waals surface area contributed by atoms with E-state index in [4.69, 9.17) is 4.74 Å². The maximum absolute atomic E-state index is 17.2. The van der Waals surface area contributed by atoms with Crippen LogP contribution in [-0.2, 0) is 14.4 Å². The van der Waals surface area contributed by atoms with Gasteiger partial charge in [0.1, 0.15) is 57.9 Å². The SMILES string of the molecule is C=CC(=O)N1CC2CN(C)c3c(F)c(-c4c(O)ccc(F)c4F)c(F)c4c3c(nc(=O)n4-c3c(C)ccnc3C(C)C)N2CC1C.C=CC(=O)N1CC2CNc3c(F)c(-c4c(O)ccc(F)c4F)c(F)c4c3c(nc(=O)n4-c3c(C)ccnc3C(C)C)N2CC1C.C=CC(=O)N1CC2COc3c(F)c(-c4c(O)ccc(F)c4F)c(F)c4c3c(nc(=O)n4-c3c(C)ccnc3C(C)C)N2CC1C. The first-order valence-corrected chi connectivity index (χ1v) is 43.5. The molecule has 3 saturated heterocycles. The van der Waals surface area contributed by atoms with Crippen molar-refractivity contribution in [3.8, 4) is 73.4 Å². The van der Waals surface area contributed by atoms with Gasteiger partial charge in [0, 0.05) is 96.1 Å². The van der Waals surface area contributed by atoms with Crippen LogP contribution in [0.5, 0.6) is 23.0 Å². The summed E-state index contributed by atoms with van der Waals surface area (Å²) in [7, 11) is 1.54. The summed E-state index contributed by atoms with van der Waals surface area (Å²) in [5.41, 5.74) is -7.67. The molecule has 27 nitrogen and oxygen atoms in total. The maximum Gasteiger partial charge on any atom is 0.354 e. The van der Waals surface area contributed by atoms with E-state index in [1.165, 1.54) is 36.4 Å². The predicted molar refractivity (Wildman–Crippen MR) is 487 cm³/mol. The Morgan fingerprint density at radius 3 is 1.13 bits per heavy atom. The molecule has 0 spiro atoms. The van der Waals surface area contributed by atoms with Crippen molar-refractivity contribution in [2.75, 3.05) is 90.9 Å². The number of aromatic hydroxyl groups is 3. The van der Waals surface area contributed by atoms with E-state index in [9.17, 15) is 57.3 Å². The number of halogens is 12. The van der Waals surface area contributed by atoms with Crippen molar-refractivity contribution >= 4 is 79.3 Å². The molecule has 3 amide bonds. The monoisotopic (exact) mass is 1880 g/mol. The Kier molecular flexibility index (Phi) is 24.9. The predicted octanol–water partition coefficient (Wildman–Crippen LogP) is 15.5. The van der Waals surface area contributed by atoms with Crippen LogP contribution in [0.2, 0.25) is 0 Å². The summed E-state index contributed by atoms with van der Waals surface area (Å²) in [6.45, 7) is 32.8. The molecule has 6 unspecified atom stereocenters. The first-order valence-electron chi connectivity index (χ1n) is 43.5. The number of likely N-dealkylation sites (N-methyl/N-ethyl adjacent to an activating group) is 1. The van der Waals surface area contributed by atoms with Gasteiger partial charge in [0.2, 0.25) is 17.7 Å². The molecule has 0 aliphatic carbocycles. The number of fused-ring (bicyclic) bond motifs is 6. The van der Waals surface area contributed by atoms with E-state index in [1.54, 1.807) is 102 Å². The van der Waals surface area contributed by atoms with E-state index in [1.807, 2.05) is 41.5 Å². The number of benzene rings is 6. The first kappa shape index (κ1) is 94.4. The molecule has 6 aromatic heterocycles. The number of pyridine rings is 3. The third kappa shape index (κ3) is 15.3. The van der Waals surface area contributed by atoms with Crippen molar-refractivity contribution in [2.45, 2.75) is 137 Å². The van der Waals surface area contributed by atoms with Crippen LogP contribution in [0.3, 0.4) is 0 Å². The lowest BCUT2D eigenvalue weighted by molar-refractivity contribution is -0.129. The van der Waals surface area contributed by atoms with Crippen molar-refractivity contribution in [3.63, 3.8) is 0 Å². The number of carbonyl (C=O) groups is 3. The number of hydrogen-bond acceptors (Lipinski definition) is 21. The van der Waals surface area contributed by atoms with Gasteiger partial charge in [0.15, 0.2) is 75.6 Å². The fourth-order valence-electron chi connectivity index (χ4n) is 19.3. The summed E-state index contributed by atoms with van der Waals surface area (Å²) >= 11 is 0. The van der Waals surface area contributed by atoms with E-state index < -0.39 is 184 Å². The number of nitrogens with zero attached hydrogens (tertiary/aromatic N) is 16. The van der Waals surface area contributed by atoms with Crippen molar-refractivity contribution in [1.82, 2.24) is 58.3 Å². The number of piperazine rings is 3. The topological polar surface area (TPSA) is 299 Å². The molecule has 12 heterocycles. The number of aryl methyl sites for hydroxylation is 3. The Labute approximate surface area is 768 Å². The largest absolute Gasteiger partial charge is 0.507 e. The Morgan fingerprint density at radius 2 is 0.743 bits per heavy atom. The molecule has 0 bridgehead atoms. The normalized spacial score (nSPS) is 17.8. The minimum atomic E-state index is -1.69. The summed E-state index contributed by atoms with van der Waals surface area (Å²) in [6.07, 6.45) is 8.18. The van der Waals surface area contributed by atoms with Crippen LogP contribution in [0.4, 0.5) is 81.5 Å². The number of aromatic nitrogens is 9. The summed E-state index contributed by atoms with van der Waals surface area (Å²) in [5.74, 6) is -22.8. The molecule has 4 N–H and O–H groups in total. The molecule has 12 aromatic rings. The van der Waals surface area contributed by atoms with Crippen LogP contribution in [0.1, 0.15) is 114 Å². The van der Waals surface area contributed by atoms with E-state index in [0.717, 1.165) is 31.9 Å². The van der Waals surface area contributed by atoms with Crippen LogP contribution >= 0.6 is 0 Å². The number of phenols is 3. The van der Waals surface area contributed by atoms with Gasteiger partial charge >= 0.3 is 17.1 Å². The number of hydrogen-bond donors (Lipinski definition) is 4. The second-order valence-electron chi connectivity index (χ2n) is 35.3. The average molecular weight is 1880 g/mol. The maximum atomic E-state index is 17.2. The highest BCUT2D eigenvalue weighted by Crippen LogP contribution is 2.53. The molecule has 6 aliphatic heterocycles. The number of amides is 3. The van der Waals surface area contributed by atoms with Crippen LogP contribution in [0.15, 0.2) is 126 Å². The Bertz CT molecular complexity index is 7040. The molecule has 39 heteroatoms. The molecule has 6 aromatic carbocycles. The molecule has 18 rings (SSSR count). The molecule has 6 atom stereocenters. The van der Waals surface area contributed by atoms with Crippen molar-refractivity contribution in [3.05, 3.63) is 246 Å². The van der Waals surface area contributed by atoms with Crippen molar-refractivity contribution < 1.29 is 87.1 Å². The van der Waals surface area contributed by atoms with Gasteiger partial charge in [-0.15, -0.1) is 0 Å². The lowest BCUT2D eigenvalue weighted by Gasteiger charge is -2.45. The molecule has 0 radical (unpaired) electrons. The van der Waals surface area contributed by atoms with Crippen LogP contribution in [0, 0.1) is 90.6 Å². The van der Waals surface area contributed by atoms with Gasteiger partial charge in [-0.3, -0.25) is 43.0 Å². The fourth-order valence-corrected chi connectivity index (χ4v) is 19.3. The van der Waals surface area contributed by atoms with Crippen LogP contribution in [0.25, 0.3) is 83.2 Å². The molecule has 708 valence electrons. The lowest BCUT2D eigenvalue weighted by atomic mass is 9.97. The van der Waals surface area contributed by atoms with E-state index in [0.29, 0.717) is 52.0 Å². The number of nitrogens with one attached hydrogen (secondary N) is 1. The zero-order valence-electron chi connectivity index (χ0n) is 75.7. The summed E-state index contributed by atoms with van der Waals surface area (Å²) in [6, 6.07) is 6.25. The van der Waals surface area contributed by atoms with Gasteiger partial charge in [-0.25, -0.2) is 67.1 Å². The van der Waals surface area contributed by atoms with Gasteiger partial charge in [0.25, 0.3) is 0 Å². The number of carbonyl (C=O) groups excluding carboxylic acids is 3. The Balaban J connectivity index is 0.000000148. The van der Waals surface area contributed by atoms with E-state index in [2.05, 4.69) is 55.0 Å². The van der Waals surface area contributed by atoms with Gasteiger partial charge in [-0.1, -0.05) is 61.3 Å². The third-order valence-corrected chi connectivity index (χ3v) is 25.8. The molecular weight excluding hydrogens is 1790 g/mol. The lowest BCUT2D eigenvalue weighted by Crippen LogP contribution is -2.61. The second kappa shape index (κ2) is 35.9. The smallest absolute Gasteiger partial charge is 0.354 e. The minimum absolute atomic E-state index is 0.00999. The van der Waals surface area contributed by atoms with E-state index in [-0.39, 0.29) is 169 Å². The molecule has 6 aliphatic rings. The highest BCUT2D eigenvalue weighted by molar-refractivity contribution is 6.08. The van der Waals surface area contributed by atoms with Crippen LogP contribution in [-0.4, -0.2) is 194 Å². The fraction of sp³-hybridized carbons (Fsp3) is 0.320. The number of phenolic OH excluding ortho intramolecular Hbond substituents is 3. The molecule has 0 saturated carbocycles. The zero-order chi connectivity index (χ0) is 98.3. The zero-order valence-corrected chi connectivity index (χ0v) is 75.7. The summed E-state index contributed by atoms with van der Waals surface area (Å²) in [5, 5.41) is 34.4. The number of rotatable bonds is 12. The van der Waals surface area contributed by atoms with E-state index >= 15 is 39.5 Å². The van der Waals surface area contributed by atoms with Gasteiger partial charge in [0.05, 0.1) is 113 Å². The Hall–Kier alpha value is -14.8. The number of ether oxygens (including phenoxy) is 1. The quantitative estimate of drug-likeness (QED) is 0.0652. The third-order valence-electron chi connectivity index (χ3n) is 25.8. The molecular formula is C97H91F12N17O10. The van der Waals surface area contributed by atoms with Crippen molar-refractivity contribution in [2.24, 2.45) is 0 Å². The second-order valence-corrected chi connectivity index (χ2v) is 35.3. The van der Waals surface area contributed by atoms with Gasteiger partial charge < -0.3 is 59.7 Å². The first-order chi connectivity index (χ1) is 64.5. The average Bonchev–Trinajstić information content (AvgIpc) is 1.33. The molecule has 136 heavy (non-hydrogen) atoms.